The van der Waals surface area contributed by atoms with E-state index in [4.69, 9.17) is 26.2 Å². The van der Waals surface area contributed by atoms with Crippen molar-refractivity contribution in [3.8, 4) is 11.5 Å². The van der Waals surface area contributed by atoms with Gasteiger partial charge in [-0.2, -0.15) is 4.98 Å². The van der Waals surface area contributed by atoms with E-state index in [2.05, 4.69) is 10.3 Å². The number of benzene rings is 3. The lowest BCUT2D eigenvalue weighted by molar-refractivity contribution is 0.222. The van der Waals surface area contributed by atoms with E-state index in [1.54, 1.807) is 19.2 Å². The molecule has 2 atom stereocenters. The number of thioether (sulfide) groups is 1. The van der Waals surface area contributed by atoms with Gasteiger partial charge in [-0.1, -0.05) is 47.6 Å². The fourth-order valence-electron chi connectivity index (χ4n) is 4.59. The molecule has 0 unspecified atom stereocenters. The van der Waals surface area contributed by atoms with Crippen LogP contribution in [0, 0.1) is 5.82 Å². The lowest BCUT2D eigenvalue weighted by Crippen LogP contribution is -2.32. The molecule has 0 aliphatic carbocycles. The standard InChI is InChI=1S/C26H20ClFN4O2S/c1-33-18-10-5-15(6-11-18)24-21-22(19-13-16(27)7-12-20(19)34-24)29-25-30-26(35-2)31-32(25)23(21)14-3-8-17(28)9-4-14/h3-13,23-24H,1-2H3,(H,29,30,31)/t23-,24-/m1/s1. The van der Waals surface area contributed by atoms with Crippen LogP contribution in [0.5, 0.6) is 11.5 Å². The van der Waals surface area contributed by atoms with Crippen molar-refractivity contribution >= 4 is 35.0 Å². The highest BCUT2D eigenvalue weighted by Gasteiger charge is 2.41. The number of fused-ring (bicyclic) bond motifs is 3. The van der Waals surface area contributed by atoms with E-state index in [0.29, 0.717) is 21.9 Å². The van der Waals surface area contributed by atoms with Gasteiger partial charge in [0.25, 0.3) is 0 Å². The molecule has 4 aromatic rings. The van der Waals surface area contributed by atoms with Crippen LogP contribution in [0.4, 0.5) is 10.3 Å². The molecule has 2 aliphatic heterocycles. The summed E-state index contributed by atoms with van der Waals surface area (Å²) in [7, 11) is 1.64. The summed E-state index contributed by atoms with van der Waals surface area (Å²) in [6.07, 6.45) is 1.49. The molecule has 0 amide bonds. The molecule has 0 saturated carbocycles. The number of rotatable bonds is 4. The summed E-state index contributed by atoms with van der Waals surface area (Å²) >= 11 is 7.85. The predicted octanol–water partition coefficient (Wildman–Crippen LogP) is 6.36. The van der Waals surface area contributed by atoms with Gasteiger partial charge in [-0.05, 0) is 59.8 Å². The Hall–Kier alpha value is -3.49. The lowest BCUT2D eigenvalue weighted by Gasteiger charge is -2.39. The van der Waals surface area contributed by atoms with E-state index in [0.717, 1.165) is 33.7 Å². The molecule has 0 radical (unpaired) electrons. The SMILES string of the molecule is COc1ccc([C@H]2Oc3ccc(Cl)cc3C3=C2[C@@H](c2ccc(F)cc2)n2nc(SC)nc2N3)cc1. The molecule has 0 fully saturated rings. The van der Waals surface area contributed by atoms with Crippen LogP contribution in [0.25, 0.3) is 5.70 Å². The van der Waals surface area contributed by atoms with Crippen LogP contribution in [0.2, 0.25) is 5.02 Å². The summed E-state index contributed by atoms with van der Waals surface area (Å²) in [5.41, 5.74) is 4.44. The minimum Gasteiger partial charge on any atom is -0.497 e. The number of nitrogens with zero attached hydrogens (tertiary/aromatic N) is 3. The molecule has 6 rings (SSSR count). The molecule has 0 bridgehead atoms. The summed E-state index contributed by atoms with van der Waals surface area (Å²) < 4.78 is 27.7. The first-order valence-electron chi connectivity index (χ1n) is 10.9. The summed E-state index contributed by atoms with van der Waals surface area (Å²) in [5.74, 6) is 1.76. The van der Waals surface area contributed by atoms with Crippen LogP contribution in [-0.2, 0) is 0 Å². The molecule has 9 heteroatoms. The average molecular weight is 507 g/mol. The van der Waals surface area contributed by atoms with Gasteiger partial charge in [0.2, 0.25) is 11.1 Å². The molecule has 1 N–H and O–H groups in total. The Morgan fingerprint density at radius 2 is 1.80 bits per heavy atom. The molecule has 6 nitrogen and oxygen atoms in total. The van der Waals surface area contributed by atoms with Crippen LogP contribution >= 0.6 is 23.4 Å². The minimum atomic E-state index is -0.442. The van der Waals surface area contributed by atoms with Gasteiger partial charge in [0.05, 0.1) is 12.8 Å². The summed E-state index contributed by atoms with van der Waals surface area (Å²) in [6.45, 7) is 0. The predicted molar refractivity (Wildman–Crippen MR) is 135 cm³/mol. The van der Waals surface area contributed by atoms with Crippen molar-refractivity contribution in [2.75, 3.05) is 18.7 Å². The van der Waals surface area contributed by atoms with Crippen molar-refractivity contribution in [1.29, 1.82) is 0 Å². The maximum Gasteiger partial charge on any atom is 0.227 e. The molecule has 0 saturated heterocycles. The van der Waals surface area contributed by atoms with E-state index in [9.17, 15) is 4.39 Å². The largest absolute Gasteiger partial charge is 0.497 e. The van der Waals surface area contributed by atoms with Crippen molar-refractivity contribution < 1.29 is 13.9 Å². The molecule has 3 aromatic carbocycles. The smallest absolute Gasteiger partial charge is 0.227 e. The van der Waals surface area contributed by atoms with Crippen LogP contribution in [0.3, 0.4) is 0 Å². The van der Waals surface area contributed by atoms with E-state index in [1.807, 2.05) is 53.4 Å². The first-order valence-corrected chi connectivity index (χ1v) is 12.5. The molecular weight excluding hydrogens is 487 g/mol. The highest BCUT2D eigenvalue weighted by Crippen LogP contribution is 2.51. The third kappa shape index (κ3) is 3.73. The summed E-state index contributed by atoms with van der Waals surface area (Å²) in [4.78, 5) is 4.67. The highest BCUT2D eigenvalue weighted by atomic mass is 35.5. The number of halogens is 2. The fraction of sp³-hybridized carbons (Fsp3) is 0.154. The van der Waals surface area contributed by atoms with Gasteiger partial charge < -0.3 is 14.8 Å². The number of methoxy groups -OCH3 is 1. The molecule has 0 spiro atoms. The number of nitrogens with one attached hydrogen (secondary N) is 1. The first kappa shape index (κ1) is 22.0. The van der Waals surface area contributed by atoms with Crippen molar-refractivity contribution in [3.05, 3.63) is 99.8 Å². The van der Waals surface area contributed by atoms with Crippen molar-refractivity contribution in [2.24, 2.45) is 0 Å². The Labute approximate surface area is 210 Å². The van der Waals surface area contributed by atoms with Crippen molar-refractivity contribution in [2.45, 2.75) is 17.3 Å². The second kappa shape index (κ2) is 8.62. The first-order chi connectivity index (χ1) is 17.1. The number of ether oxygens (including phenoxy) is 2. The molecule has 35 heavy (non-hydrogen) atoms. The van der Waals surface area contributed by atoms with Gasteiger partial charge >= 0.3 is 0 Å². The van der Waals surface area contributed by atoms with Crippen LogP contribution in [0.15, 0.2) is 77.5 Å². The van der Waals surface area contributed by atoms with Gasteiger partial charge in [0, 0.05) is 16.2 Å². The zero-order chi connectivity index (χ0) is 24.1. The molecule has 2 aliphatic rings. The van der Waals surface area contributed by atoms with Crippen molar-refractivity contribution in [1.82, 2.24) is 14.8 Å². The minimum absolute atomic E-state index is 0.302. The third-order valence-electron chi connectivity index (χ3n) is 6.20. The summed E-state index contributed by atoms with van der Waals surface area (Å²) in [6, 6.07) is 19.4. The average Bonchev–Trinajstić information content (AvgIpc) is 3.31. The zero-order valence-electron chi connectivity index (χ0n) is 18.8. The number of aromatic nitrogens is 3. The maximum absolute atomic E-state index is 13.9. The second-order valence-electron chi connectivity index (χ2n) is 8.19. The number of anilines is 1. The Morgan fingerprint density at radius 1 is 1.06 bits per heavy atom. The molecule has 1 aromatic heterocycles. The normalized spacial score (nSPS) is 18.2. The quantitative estimate of drug-likeness (QED) is 0.325. The fourth-order valence-corrected chi connectivity index (χ4v) is 5.11. The number of hydrogen-bond acceptors (Lipinski definition) is 6. The van der Waals surface area contributed by atoms with Crippen LogP contribution in [-0.4, -0.2) is 28.1 Å². The molecule has 176 valence electrons. The topological polar surface area (TPSA) is 61.2 Å². The van der Waals surface area contributed by atoms with E-state index >= 15 is 0 Å². The highest BCUT2D eigenvalue weighted by molar-refractivity contribution is 7.98. The Balaban J connectivity index is 1.62. The maximum atomic E-state index is 13.9. The molecular formula is C26H20ClFN4O2S. The van der Waals surface area contributed by atoms with Crippen LogP contribution in [0.1, 0.15) is 28.8 Å². The summed E-state index contributed by atoms with van der Waals surface area (Å²) in [5, 5.41) is 9.46. The van der Waals surface area contributed by atoms with E-state index in [-0.39, 0.29) is 11.9 Å². The Bertz CT molecular complexity index is 1450. The zero-order valence-corrected chi connectivity index (χ0v) is 20.4. The Morgan fingerprint density at radius 3 is 2.51 bits per heavy atom. The van der Waals surface area contributed by atoms with Crippen LogP contribution < -0.4 is 14.8 Å². The van der Waals surface area contributed by atoms with Gasteiger partial charge in [-0.25, -0.2) is 9.07 Å². The monoisotopic (exact) mass is 506 g/mol. The van der Waals surface area contributed by atoms with Gasteiger partial charge in [-0.3, -0.25) is 0 Å². The van der Waals surface area contributed by atoms with E-state index < -0.39 is 6.10 Å². The van der Waals surface area contributed by atoms with Gasteiger partial charge in [-0.15, -0.1) is 5.10 Å². The van der Waals surface area contributed by atoms with Gasteiger partial charge in [0.15, 0.2) is 0 Å². The molecule has 3 heterocycles. The van der Waals surface area contributed by atoms with E-state index in [1.165, 1.54) is 23.9 Å². The van der Waals surface area contributed by atoms with Gasteiger partial charge in [0.1, 0.15) is 29.5 Å². The lowest BCUT2D eigenvalue weighted by atomic mass is 9.84. The van der Waals surface area contributed by atoms with Crippen molar-refractivity contribution in [3.63, 3.8) is 0 Å². The Kier molecular flexibility index (Phi) is 5.42. The number of hydrogen-bond donors (Lipinski definition) is 1. The second-order valence-corrected chi connectivity index (χ2v) is 9.40. The third-order valence-corrected chi connectivity index (χ3v) is 6.97.